The van der Waals surface area contributed by atoms with E-state index in [1.165, 1.54) is 6.07 Å². The maximum atomic E-state index is 12.3. The highest BCUT2D eigenvalue weighted by Gasteiger charge is 2.14. The van der Waals surface area contributed by atoms with Crippen LogP contribution in [0.1, 0.15) is 31.7 Å². The van der Waals surface area contributed by atoms with Gasteiger partial charge in [-0.2, -0.15) is 8.78 Å². The number of halogens is 2. The van der Waals surface area contributed by atoms with Gasteiger partial charge in [-0.15, -0.1) is 0 Å². The molecule has 1 aromatic rings. The third-order valence-electron chi connectivity index (χ3n) is 3.97. The van der Waals surface area contributed by atoms with E-state index in [2.05, 4.69) is 20.4 Å². The third kappa shape index (κ3) is 9.01. The number of hydrogen-bond donors (Lipinski definition) is 2. The van der Waals surface area contributed by atoms with Crippen LogP contribution < -0.4 is 15.4 Å². The van der Waals surface area contributed by atoms with Gasteiger partial charge in [-0.3, -0.25) is 0 Å². The highest BCUT2D eigenvalue weighted by molar-refractivity contribution is 5.79. The van der Waals surface area contributed by atoms with Gasteiger partial charge in [0.05, 0.1) is 19.3 Å². The van der Waals surface area contributed by atoms with Crippen molar-refractivity contribution >= 4 is 5.96 Å². The molecule has 2 N–H and O–H groups in total. The number of guanidine groups is 1. The lowest BCUT2D eigenvalue weighted by molar-refractivity contribution is -0.0498. The first kappa shape index (κ1) is 21.4. The number of nitrogens with one attached hydrogen (secondary N) is 2. The Hall–Kier alpha value is -1.93. The van der Waals surface area contributed by atoms with Crippen molar-refractivity contribution in [2.24, 2.45) is 4.99 Å². The van der Waals surface area contributed by atoms with Crippen LogP contribution in [0.15, 0.2) is 29.3 Å². The van der Waals surface area contributed by atoms with E-state index in [4.69, 9.17) is 9.47 Å². The minimum atomic E-state index is -2.83. The van der Waals surface area contributed by atoms with Crippen LogP contribution in [0, 0.1) is 0 Å². The second kappa shape index (κ2) is 12.5. The largest absolute Gasteiger partial charge is 0.435 e. The van der Waals surface area contributed by atoms with E-state index in [-0.39, 0.29) is 11.9 Å². The molecule has 0 aliphatic carbocycles. The monoisotopic (exact) mass is 385 g/mol. The van der Waals surface area contributed by atoms with Gasteiger partial charge in [-0.1, -0.05) is 12.1 Å². The minimum absolute atomic E-state index is 0.138. The van der Waals surface area contributed by atoms with Gasteiger partial charge < -0.3 is 24.8 Å². The number of benzene rings is 1. The standard InChI is InChI=1S/C19H29F2N3O3/c1-2-22-19(23-9-5-10-25-14-17-8-4-11-26-17)24-13-15-6-3-7-16(12-15)27-18(20)21/h3,6-7,12,17-18H,2,4-5,8-11,13-14H2,1H3,(H2,22,23,24). The number of rotatable bonds is 11. The van der Waals surface area contributed by atoms with Crippen molar-refractivity contribution in [2.45, 2.75) is 45.4 Å². The molecule has 0 amide bonds. The molecular formula is C19H29F2N3O3. The second-order valence-electron chi connectivity index (χ2n) is 6.21. The van der Waals surface area contributed by atoms with Gasteiger partial charge >= 0.3 is 6.61 Å². The first-order valence-corrected chi connectivity index (χ1v) is 9.42. The quantitative estimate of drug-likeness (QED) is 0.348. The lowest BCUT2D eigenvalue weighted by atomic mass is 10.2. The molecule has 0 radical (unpaired) electrons. The summed E-state index contributed by atoms with van der Waals surface area (Å²) < 4.78 is 40.1. The predicted molar refractivity (Wildman–Crippen MR) is 100 cm³/mol. The zero-order valence-corrected chi connectivity index (χ0v) is 15.8. The molecule has 0 saturated carbocycles. The Kier molecular flexibility index (Phi) is 9.86. The minimum Gasteiger partial charge on any atom is -0.435 e. The summed E-state index contributed by atoms with van der Waals surface area (Å²) in [6, 6.07) is 6.57. The van der Waals surface area contributed by atoms with Gasteiger partial charge in [0.1, 0.15) is 5.75 Å². The topological polar surface area (TPSA) is 64.1 Å². The molecular weight excluding hydrogens is 356 g/mol. The van der Waals surface area contributed by atoms with E-state index >= 15 is 0 Å². The van der Waals surface area contributed by atoms with Gasteiger partial charge in [0, 0.05) is 26.3 Å². The maximum Gasteiger partial charge on any atom is 0.387 e. The van der Waals surface area contributed by atoms with Gasteiger partial charge in [0.25, 0.3) is 0 Å². The molecule has 1 atom stereocenters. The molecule has 0 aromatic heterocycles. The van der Waals surface area contributed by atoms with Crippen LogP contribution in [0.25, 0.3) is 0 Å². The second-order valence-corrected chi connectivity index (χ2v) is 6.21. The van der Waals surface area contributed by atoms with E-state index < -0.39 is 6.61 Å². The molecule has 0 bridgehead atoms. The summed E-state index contributed by atoms with van der Waals surface area (Å²) in [4.78, 5) is 4.48. The van der Waals surface area contributed by atoms with E-state index in [9.17, 15) is 8.78 Å². The molecule has 1 fully saturated rings. The van der Waals surface area contributed by atoms with Crippen LogP contribution in [-0.2, 0) is 16.0 Å². The smallest absolute Gasteiger partial charge is 0.387 e. The fraction of sp³-hybridized carbons (Fsp3) is 0.632. The van der Waals surface area contributed by atoms with Crippen molar-refractivity contribution in [3.8, 4) is 5.75 Å². The number of ether oxygens (including phenoxy) is 3. The fourth-order valence-corrected chi connectivity index (χ4v) is 2.70. The molecule has 152 valence electrons. The molecule has 1 aliphatic heterocycles. The normalized spacial score (nSPS) is 17.3. The van der Waals surface area contributed by atoms with Crippen molar-refractivity contribution in [3.05, 3.63) is 29.8 Å². The van der Waals surface area contributed by atoms with Gasteiger partial charge in [-0.25, -0.2) is 4.99 Å². The van der Waals surface area contributed by atoms with E-state index in [0.29, 0.717) is 25.7 Å². The Labute approximate surface area is 159 Å². The average molecular weight is 385 g/mol. The van der Waals surface area contributed by atoms with Crippen molar-refractivity contribution < 1.29 is 23.0 Å². The third-order valence-corrected chi connectivity index (χ3v) is 3.97. The molecule has 8 heteroatoms. The molecule has 6 nitrogen and oxygen atoms in total. The average Bonchev–Trinajstić information content (AvgIpc) is 3.15. The van der Waals surface area contributed by atoms with Gasteiger partial charge in [0.15, 0.2) is 5.96 Å². The van der Waals surface area contributed by atoms with E-state index in [1.54, 1.807) is 12.1 Å². The molecule has 1 aromatic carbocycles. The number of aliphatic imine (C=N–C) groups is 1. The zero-order chi connectivity index (χ0) is 19.3. The van der Waals surface area contributed by atoms with Crippen molar-refractivity contribution in [3.63, 3.8) is 0 Å². The summed E-state index contributed by atoms with van der Waals surface area (Å²) in [5.41, 5.74) is 0.797. The first-order valence-electron chi connectivity index (χ1n) is 9.42. The van der Waals surface area contributed by atoms with Crippen molar-refractivity contribution in [1.82, 2.24) is 10.6 Å². The number of nitrogens with zero attached hydrogens (tertiary/aromatic N) is 1. The molecule has 27 heavy (non-hydrogen) atoms. The Morgan fingerprint density at radius 1 is 1.37 bits per heavy atom. The number of alkyl halides is 2. The maximum absolute atomic E-state index is 12.3. The zero-order valence-electron chi connectivity index (χ0n) is 15.8. The number of hydrogen-bond acceptors (Lipinski definition) is 4. The summed E-state index contributed by atoms with van der Waals surface area (Å²) in [5, 5.41) is 6.40. The van der Waals surface area contributed by atoms with Crippen molar-refractivity contribution in [2.75, 3.05) is 32.9 Å². The lowest BCUT2D eigenvalue weighted by Gasteiger charge is -2.13. The van der Waals surface area contributed by atoms with Crippen LogP contribution >= 0.6 is 0 Å². The molecule has 2 rings (SSSR count). The van der Waals surface area contributed by atoms with Crippen LogP contribution in [0.3, 0.4) is 0 Å². The van der Waals surface area contributed by atoms with Gasteiger partial charge in [-0.05, 0) is 43.9 Å². The summed E-state index contributed by atoms with van der Waals surface area (Å²) in [6.07, 6.45) is 3.31. The van der Waals surface area contributed by atoms with E-state index in [0.717, 1.165) is 44.5 Å². The highest BCUT2D eigenvalue weighted by Crippen LogP contribution is 2.16. The van der Waals surface area contributed by atoms with Gasteiger partial charge in [0.2, 0.25) is 0 Å². The highest BCUT2D eigenvalue weighted by atomic mass is 19.3. The molecule has 1 aliphatic rings. The lowest BCUT2D eigenvalue weighted by Crippen LogP contribution is -2.38. The summed E-state index contributed by atoms with van der Waals surface area (Å²) in [5.74, 6) is 0.816. The summed E-state index contributed by atoms with van der Waals surface area (Å²) in [6.45, 7) is 3.15. The van der Waals surface area contributed by atoms with Crippen LogP contribution in [0.5, 0.6) is 5.75 Å². The molecule has 0 spiro atoms. The molecule has 1 unspecified atom stereocenters. The summed E-state index contributed by atoms with van der Waals surface area (Å²) >= 11 is 0. The Bertz CT molecular complexity index is 567. The SMILES string of the molecule is CCNC(=NCc1cccc(OC(F)F)c1)NCCCOCC1CCCO1. The fourth-order valence-electron chi connectivity index (χ4n) is 2.70. The first-order chi connectivity index (χ1) is 13.2. The molecule has 1 heterocycles. The van der Waals surface area contributed by atoms with Crippen LogP contribution in [0.2, 0.25) is 0 Å². The Morgan fingerprint density at radius 3 is 3.00 bits per heavy atom. The van der Waals surface area contributed by atoms with E-state index in [1.807, 2.05) is 13.0 Å². The predicted octanol–water partition coefficient (Wildman–Crippen LogP) is 2.93. The molecule has 1 saturated heterocycles. The Balaban J connectivity index is 1.69. The Morgan fingerprint density at radius 2 is 2.26 bits per heavy atom. The van der Waals surface area contributed by atoms with Crippen LogP contribution in [-0.4, -0.2) is 51.6 Å². The van der Waals surface area contributed by atoms with Crippen LogP contribution in [0.4, 0.5) is 8.78 Å². The van der Waals surface area contributed by atoms with Crippen molar-refractivity contribution in [1.29, 1.82) is 0 Å². The summed E-state index contributed by atoms with van der Waals surface area (Å²) in [7, 11) is 0.